The maximum Gasteiger partial charge on any atom is 0.317 e. The Morgan fingerprint density at radius 3 is 2.76 bits per heavy atom. The summed E-state index contributed by atoms with van der Waals surface area (Å²) in [7, 11) is 0. The highest BCUT2D eigenvalue weighted by atomic mass is 16.2. The van der Waals surface area contributed by atoms with Crippen molar-refractivity contribution in [2.24, 2.45) is 35.3 Å². The van der Waals surface area contributed by atoms with Crippen LogP contribution >= 0.6 is 0 Å². The van der Waals surface area contributed by atoms with E-state index < -0.39 is 0 Å². The summed E-state index contributed by atoms with van der Waals surface area (Å²) in [5.74, 6) is 3.31. The van der Waals surface area contributed by atoms with E-state index in [1.54, 1.807) is 0 Å². The van der Waals surface area contributed by atoms with Crippen molar-refractivity contribution in [3.63, 3.8) is 0 Å². The maximum atomic E-state index is 12.4. The van der Waals surface area contributed by atoms with Crippen molar-refractivity contribution in [3.05, 3.63) is 12.2 Å². The standard InChI is InChI=1S/C17H27N3O/c18-16-6-5-13-9-20(10-15(13)16)17(21)19-8-14-7-11-1-3-12(14)4-2-11/h1,3,11-16H,2,4-10,18H2,(H,19,21). The quantitative estimate of drug-likeness (QED) is 0.764. The van der Waals surface area contributed by atoms with E-state index in [2.05, 4.69) is 17.5 Å². The van der Waals surface area contributed by atoms with E-state index in [-0.39, 0.29) is 6.03 Å². The van der Waals surface area contributed by atoms with Crippen molar-refractivity contribution in [2.75, 3.05) is 19.6 Å². The van der Waals surface area contributed by atoms with E-state index in [1.807, 2.05) is 4.90 Å². The number of allylic oxidation sites excluding steroid dienone is 2. The molecule has 21 heavy (non-hydrogen) atoms. The summed E-state index contributed by atoms with van der Waals surface area (Å²) in [4.78, 5) is 14.4. The highest BCUT2D eigenvalue weighted by Crippen LogP contribution is 2.40. The van der Waals surface area contributed by atoms with Crippen molar-refractivity contribution in [1.82, 2.24) is 10.2 Å². The first-order valence-corrected chi connectivity index (χ1v) is 8.67. The molecular formula is C17H27N3O. The average molecular weight is 289 g/mol. The van der Waals surface area contributed by atoms with Crippen molar-refractivity contribution < 1.29 is 4.79 Å². The van der Waals surface area contributed by atoms with E-state index in [1.165, 1.54) is 25.7 Å². The fourth-order valence-corrected chi connectivity index (χ4v) is 5.09. The molecule has 4 aliphatic carbocycles. The van der Waals surface area contributed by atoms with Gasteiger partial charge in [0, 0.05) is 25.7 Å². The minimum Gasteiger partial charge on any atom is -0.338 e. The van der Waals surface area contributed by atoms with Crippen LogP contribution in [0.3, 0.4) is 0 Å². The molecule has 4 heteroatoms. The Bertz CT molecular complexity index is 449. The van der Waals surface area contributed by atoms with Gasteiger partial charge in [-0.15, -0.1) is 0 Å². The predicted molar refractivity (Wildman–Crippen MR) is 82.6 cm³/mol. The Hall–Kier alpha value is -1.03. The molecule has 1 saturated heterocycles. The van der Waals surface area contributed by atoms with Gasteiger partial charge in [0.1, 0.15) is 0 Å². The predicted octanol–water partition coefficient (Wildman–Crippen LogP) is 1.97. The van der Waals surface area contributed by atoms with Gasteiger partial charge in [-0.3, -0.25) is 0 Å². The second kappa shape index (κ2) is 5.31. The van der Waals surface area contributed by atoms with Crippen LogP contribution in [0.4, 0.5) is 4.79 Å². The van der Waals surface area contributed by atoms with Crippen LogP contribution in [0.15, 0.2) is 12.2 Å². The lowest BCUT2D eigenvalue weighted by atomic mass is 9.69. The Labute approximate surface area is 127 Å². The van der Waals surface area contributed by atoms with Crippen molar-refractivity contribution in [2.45, 2.75) is 38.1 Å². The molecule has 5 aliphatic rings. The van der Waals surface area contributed by atoms with Gasteiger partial charge in [0.2, 0.25) is 0 Å². The Kier molecular flexibility index (Phi) is 3.44. The first-order valence-electron chi connectivity index (χ1n) is 8.67. The SMILES string of the molecule is NC1CCC2CN(C(=O)NCC3CC4C=CC3CC4)CC12. The number of nitrogens with zero attached hydrogens (tertiary/aromatic N) is 1. The lowest BCUT2D eigenvalue weighted by Gasteiger charge is -2.38. The van der Waals surface area contributed by atoms with Gasteiger partial charge >= 0.3 is 6.03 Å². The summed E-state index contributed by atoms with van der Waals surface area (Å²) in [5, 5.41) is 3.20. The summed E-state index contributed by atoms with van der Waals surface area (Å²) in [6, 6.07) is 0.453. The number of likely N-dealkylation sites (tertiary alicyclic amines) is 1. The number of hydrogen-bond acceptors (Lipinski definition) is 2. The molecule has 1 heterocycles. The van der Waals surface area contributed by atoms with Gasteiger partial charge in [-0.05, 0) is 61.7 Å². The average Bonchev–Trinajstić information content (AvgIpc) is 3.09. The number of nitrogens with two attached hydrogens (primary N) is 1. The van der Waals surface area contributed by atoms with Crippen LogP contribution in [0.25, 0.3) is 0 Å². The third-order valence-corrected chi connectivity index (χ3v) is 6.43. The maximum absolute atomic E-state index is 12.4. The monoisotopic (exact) mass is 289 g/mol. The summed E-state index contributed by atoms with van der Waals surface area (Å²) < 4.78 is 0. The molecule has 0 radical (unpaired) electrons. The van der Waals surface area contributed by atoms with Gasteiger partial charge in [0.15, 0.2) is 0 Å². The number of hydrogen-bond donors (Lipinski definition) is 2. The highest BCUT2D eigenvalue weighted by molar-refractivity contribution is 5.74. The van der Waals surface area contributed by atoms with Gasteiger partial charge in [-0.1, -0.05) is 12.2 Å². The number of amides is 2. The van der Waals surface area contributed by atoms with Gasteiger partial charge in [-0.25, -0.2) is 4.79 Å². The van der Waals surface area contributed by atoms with Crippen LogP contribution in [0.5, 0.6) is 0 Å². The molecule has 6 atom stereocenters. The zero-order valence-electron chi connectivity index (χ0n) is 12.7. The van der Waals surface area contributed by atoms with Crippen LogP contribution in [-0.2, 0) is 0 Å². The van der Waals surface area contributed by atoms with Crippen LogP contribution in [0, 0.1) is 29.6 Å². The molecule has 6 unspecified atom stereocenters. The Morgan fingerprint density at radius 1 is 1.19 bits per heavy atom. The minimum atomic E-state index is 0.141. The van der Waals surface area contributed by atoms with E-state index >= 15 is 0 Å². The summed E-state index contributed by atoms with van der Waals surface area (Å²) in [6.45, 7) is 2.64. The van der Waals surface area contributed by atoms with Crippen molar-refractivity contribution >= 4 is 6.03 Å². The molecule has 5 rings (SSSR count). The molecule has 3 N–H and O–H groups in total. The van der Waals surface area contributed by atoms with Crippen LogP contribution in [0.2, 0.25) is 0 Å². The molecule has 2 saturated carbocycles. The molecule has 0 spiro atoms. The van der Waals surface area contributed by atoms with Crippen molar-refractivity contribution in [3.8, 4) is 0 Å². The first kappa shape index (κ1) is 13.6. The molecule has 116 valence electrons. The van der Waals surface area contributed by atoms with Gasteiger partial charge in [0.05, 0.1) is 0 Å². The molecule has 1 aliphatic heterocycles. The van der Waals surface area contributed by atoms with E-state index in [0.717, 1.165) is 32.0 Å². The molecular weight excluding hydrogens is 262 g/mol. The fourth-order valence-electron chi connectivity index (χ4n) is 5.09. The van der Waals surface area contributed by atoms with Gasteiger partial charge in [0.25, 0.3) is 0 Å². The number of nitrogens with one attached hydrogen (secondary N) is 1. The molecule has 0 aromatic rings. The lowest BCUT2D eigenvalue weighted by Crippen LogP contribution is -2.44. The zero-order chi connectivity index (χ0) is 14.4. The second-order valence-electron chi connectivity index (χ2n) is 7.64. The number of carbonyl (C=O) groups is 1. The molecule has 0 aromatic heterocycles. The second-order valence-corrected chi connectivity index (χ2v) is 7.64. The highest BCUT2D eigenvalue weighted by Gasteiger charge is 2.42. The molecule has 0 aromatic carbocycles. The fraction of sp³-hybridized carbons (Fsp3) is 0.824. The van der Waals surface area contributed by atoms with Gasteiger partial charge < -0.3 is 16.0 Å². The van der Waals surface area contributed by atoms with E-state index in [0.29, 0.717) is 29.7 Å². The number of urea groups is 1. The Balaban J connectivity index is 1.28. The van der Waals surface area contributed by atoms with E-state index in [9.17, 15) is 4.79 Å². The third-order valence-electron chi connectivity index (χ3n) is 6.43. The summed E-state index contributed by atoms with van der Waals surface area (Å²) >= 11 is 0. The normalized spacial score (nSPS) is 44.1. The zero-order valence-corrected chi connectivity index (χ0v) is 12.7. The number of rotatable bonds is 2. The smallest absolute Gasteiger partial charge is 0.317 e. The van der Waals surface area contributed by atoms with Gasteiger partial charge in [-0.2, -0.15) is 0 Å². The van der Waals surface area contributed by atoms with Crippen LogP contribution in [-0.4, -0.2) is 36.6 Å². The molecule has 2 amide bonds. The largest absolute Gasteiger partial charge is 0.338 e. The van der Waals surface area contributed by atoms with E-state index in [4.69, 9.17) is 5.73 Å². The number of fused-ring (bicyclic) bond motifs is 3. The molecule has 4 nitrogen and oxygen atoms in total. The van der Waals surface area contributed by atoms with Crippen LogP contribution in [0.1, 0.15) is 32.1 Å². The summed E-state index contributed by atoms with van der Waals surface area (Å²) in [5.41, 5.74) is 6.15. The lowest BCUT2D eigenvalue weighted by molar-refractivity contribution is 0.187. The first-order chi connectivity index (χ1) is 10.2. The molecule has 3 fully saturated rings. The number of carbonyl (C=O) groups excluding carboxylic acids is 1. The summed E-state index contributed by atoms with van der Waals surface area (Å²) in [6.07, 6.45) is 11.0. The molecule has 2 bridgehead atoms. The third kappa shape index (κ3) is 2.48. The topological polar surface area (TPSA) is 58.4 Å². The Morgan fingerprint density at radius 2 is 2.10 bits per heavy atom. The van der Waals surface area contributed by atoms with Crippen molar-refractivity contribution in [1.29, 1.82) is 0 Å². The minimum absolute atomic E-state index is 0.141. The van der Waals surface area contributed by atoms with Crippen LogP contribution < -0.4 is 11.1 Å².